The molecule has 0 saturated carbocycles. The molecule has 0 N–H and O–H groups in total. The summed E-state index contributed by atoms with van der Waals surface area (Å²) in [6.07, 6.45) is 0. The van der Waals surface area contributed by atoms with Crippen molar-refractivity contribution in [1.29, 1.82) is 0 Å². The van der Waals surface area contributed by atoms with Gasteiger partial charge >= 0.3 is 0 Å². The number of benzene rings is 2. The van der Waals surface area contributed by atoms with Crippen molar-refractivity contribution >= 4 is 42.3 Å². The van der Waals surface area contributed by atoms with E-state index in [0.717, 1.165) is 5.56 Å². The Morgan fingerprint density at radius 1 is 0.826 bits per heavy atom. The predicted molar refractivity (Wildman–Crippen MR) is 107 cm³/mol. The van der Waals surface area contributed by atoms with Gasteiger partial charge in [0.1, 0.15) is 0 Å². The highest BCUT2D eigenvalue weighted by atomic mass is 127. The Balaban J connectivity index is 0.000000231. The van der Waals surface area contributed by atoms with Crippen molar-refractivity contribution in [3.8, 4) is 0 Å². The molecule has 0 saturated heterocycles. The van der Waals surface area contributed by atoms with Crippen molar-refractivity contribution in [1.82, 2.24) is 0 Å². The summed E-state index contributed by atoms with van der Waals surface area (Å²) in [6.45, 7) is 12.4. The van der Waals surface area contributed by atoms with Crippen LogP contribution in [0.1, 0.15) is 33.4 Å². The van der Waals surface area contributed by atoms with Gasteiger partial charge in [0.25, 0.3) is 9.05 Å². The highest BCUT2D eigenvalue weighted by Crippen LogP contribution is 2.22. The lowest BCUT2D eigenvalue weighted by Gasteiger charge is -2.09. The van der Waals surface area contributed by atoms with Crippen LogP contribution in [0.3, 0.4) is 0 Å². The minimum atomic E-state index is -3.58. The van der Waals surface area contributed by atoms with Crippen molar-refractivity contribution in [3.63, 3.8) is 0 Å². The lowest BCUT2D eigenvalue weighted by Crippen LogP contribution is -1.94. The molecule has 5 heteroatoms. The van der Waals surface area contributed by atoms with Gasteiger partial charge in [-0.25, -0.2) is 8.42 Å². The molecule has 2 rings (SSSR count). The molecule has 0 aromatic heterocycles. The van der Waals surface area contributed by atoms with Gasteiger partial charge in [-0.2, -0.15) is 0 Å². The van der Waals surface area contributed by atoms with Crippen LogP contribution >= 0.6 is 33.3 Å². The summed E-state index contributed by atoms with van der Waals surface area (Å²) in [7, 11) is 1.61. The van der Waals surface area contributed by atoms with E-state index in [-0.39, 0.29) is 4.90 Å². The zero-order valence-electron chi connectivity index (χ0n) is 14.3. The Bertz CT molecular complexity index is 801. The number of hydrogen-bond donors (Lipinski definition) is 0. The largest absolute Gasteiger partial charge is 0.261 e. The van der Waals surface area contributed by atoms with Gasteiger partial charge in [-0.15, -0.1) is 0 Å². The van der Waals surface area contributed by atoms with E-state index < -0.39 is 9.05 Å². The van der Waals surface area contributed by atoms with E-state index in [9.17, 15) is 8.42 Å². The predicted octanol–water partition coefficient (Wildman–Crippen LogP) is 5.76. The van der Waals surface area contributed by atoms with E-state index in [2.05, 4.69) is 56.4 Å². The Kier molecular flexibility index (Phi) is 7.11. The van der Waals surface area contributed by atoms with Gasteiger partial charge < -0.3 is 0 Å². The average Bonchev–Trinajstić information content (AvgIpc) is 2.42. The third kappa shape index (κ3) is 5.47. The maximum Gasteiger partial charge on any atom is 0.261 e. The van der Waals surface area contributed by atoms with Crippen LogP contribution in [0.5, 0.6) is 0 Å². The van der Waals surface area contributed by atoms with Gasteiger partial charge in [-0.3, -0.25) is 0 Å². The molecule has 0 heterocycles. The molecule has 0 fully saturated rings. The first-order valence-electron chi connectivity index (χ1n) is 7.20. The fourth-order valence-corrected chi connectivity index (χ4v) is 4.30. The Labute approximate surface area is 157 Å². The van der Waals surface area contributed by atoms with Crippen molar-refractivity contribution in [2.24, 2.45) is 0 Å². The fourth-order valence-electron chi connectivity index (χ4n) is 2.24. The monoisotopic (exact) mass is 464 g/mol. The molecule has 0 aliphatic rings. The van der Waals surface area contributed by atoms with Crippen molar-refractivity contribution in [2.75, 3.05) is 0 Å². The van der Waals surface area contributed by atoms with Crippen LogP contribution in [0.25, 0.3) is 0 Å². The van der Waals surface area contributed by atoms with Gasteiger partial charge in [0.2, 0.25) is 0 Å². The molecule has 0 radical (unpaired) electrons. The first-order valence-corrected chi connectivity index (χ1v) is 10.6. The van der Waals surface area contributed by atoms with Gasteiger partial charge in [-0.1, -0.05) is 17.7 Å². The van der Waals surface area contributed by atoms with Crippen LogP contribution in [0.15, 0.2) is 29.2 Å². The first kappa shape index (κ1) is 20.5. The molecule has 0 unspecified atom stereocenters. The SMILES string of the molecule is Cc1cc(I)c(C)c(C)c1C.Cc1ccc(S(=O)(=O)Cl)c(C)c1. The molecular weight excluding hydrogens is 443 g/mol. The van der Waals surface area contributed by atoms with Crippen molar-refractivity contribution in [2.45, 2.75) is 46.4 Å². The summed E-state index contributed by atoms with van der Waals surface area (Å²) in [4.78, 5) is 0.190. The standard InChI is InChI=1S/C10H13I.C8H9ClO2S/c1-6-5-10(11)9(4)8(3)7(6)2;1-6-3-4-8(7(2)5-6)12(9,10)11/h5H,1-4H3;3-5H,1-2H3. The second-order valence-corrected chi connectivity index (χ2v) is 9.45. The van der Waals surface area contributed by atoms with E-state index in [0.29, 0.717) is 5.56 Å². The molecule has 23 heavy (non-hydrogen) atoms. The Morgan fingerprint density at radius 2 is 1.39 bits per heavy atom. The quantitative estimate of drug-likeness (QED) is 0.397. The van der Waals surface area contributed by atoms with Gasteiger partial charge in [0.05, 0.1) is 4.90 Å². The maximum atomic E-state index is 10.9. The molecule has 2 nitrogen and oxygen atoms in total. The smallest absolute Gasteiger partial charge is 0.207 e. The Morgan fingerprint density at radius 3 is 1.87 bits per heavy atom. The third-order valence-electron chi connectivity index (χ3n) is 4.01. The lowest BCUT2D eigenvalue weighted by molar-refractivity contribution is 0.609. The molecule has 126 valence electrons. The summed E-state index contributed by atoms with van der Waals surface area (Å²) in [5, 5.41) is 0. The normalized spacial score (nSPS) is 11.0. The van der Waals surface area contributed by atoms with Crippen LogP contribution in [0.4, 0.5) is 0 Å². The van der Waals surface area contributed by atoms with Gasteiger partial charge in [0.15, 0.2) is 0 Å². The molecule has 2 aromatic carbocycles. The number of hydrogen-bond acceptors (Lipinski definition) is 2. The molecule has 0 aliphatic carbocycles. The number of halogens is 2. The number of rotatable bonds is 1. The zero-order chi connectivity index (χ0) is 17.9. The van der Waals surface area contributed by atoms with Crippen LogP contribution in [-0.2, 0) is 9.05 Å². The van der Waals surface area contributed by atoms with E-state index in [4.69, 9.17) is 10.7 Å². The minimum absolute atomic E-state index is 0.190. The summed E-state index contributed by atoms with van der Waals surface area (Å²) >= 11 is 2.39. The fraction of sp³-hybridized carbons (Fsp3) is 0.333. The molecule has 0 bridgehead atoms. The van der Waals surface area contributed by atoms with Crippen LogP contribution in [0, 0.1) is 45.1 Å². The molecule has 0 spiro atoms. The lowest BCUT2D eigenvalue weighted by atomic mass is 10.0. The van der Waals surface area contributed by atoms with Gasteiger partial charge in [0, 0.05) is 14.3 Å². The minimum Gasteiger partial charge on any atom is -0.207 e. The molecule has 2 aromatic rings. The molecule has 0 aliphatic heterocycles. The summed E-state index contributed by atoms with van der Waals surface area (Å²) in [6, 6.07) is 7.28. The van der Waals surface area contributed by atoms with E-state index in [1.54, 1.807) is 19.1 Å². The molecule has 0 atom stereocenters. The highest BCUT2D eigenvalue weighted by Gasteiger charge is 2.12. The van der Waals surface area contributed by atoms with Gasteiger partial charge in [-0.05, 0) is 104 Å². The summed E-state index contributed by atoms with van der Waals surface area (Å²) < 4.78 is 23.2. The second kappa shape index (κ2) is 7.99. The van der Waals surface area contributed by atoms with Crippen molar-refractivity contribution < 1.29 is 8.42 Å². The Hall–Kier alpha value is -0.590. The van der Waals surface area contributed by atoms with Crippen LogP contribution in [0.2, 0.25) is 0 Å². The second-order valence-electron chi connectivity index (χ2n) is 5.76. The number of aryl methyl sites for hydroxylation is 3. The molecule has 0 amide bonds. The van der Waals surface area contributed by atoms with Crippen LogP contribution < -0.4 is 0 Å². The van der Waals surface area contributed by atoms with E-state index in [1.165, 1.54) is 31.9 Å². The average molecular weight is 465 g/mol. The highest BCUT2D eigenvalue weighted by molar-refractivity contribution is 14.1. The summed E-state index contributed by atoms with van der Waals surface area (Å²) in [5.41, 5.74) is 7.41. The maximum absolute atomic E-state index is 10.9. The third-order valence-corrected chi connectivity index (χ3v) is 6.61. The van der Waals surface area contributed by atoms with E-state index >= 15 is 0 Å². The molecular formula is C18H22ClIO2S. The van der Waals surface area contributed by atoms with Crippen molar-refractivity contribution in [3.05, 3.63) is 61.2 Å². The summed E-state index contributed by atoms with van der Waals surface area (Å²) in [5.74, 6) is 0. The first-order chi connectivity index (χ1) is 10.4. The van der Waals surface area contributed by atoms with E-state index in [1.807, 2.05) is 6.92 Å². The van der Waals surface area contributed by atoms with Crippen LogP contribution in [-0.4, -0.2) is 8.42 Å². The topological polar surface area (TPSA) is 34.1 Å². The zero-order valence-corrected chi connectivity index (χ0v) is 18.0.